The number of ether oxygens (including phenoxy) is 1. The predicted octanol–water partition coefficient (Wildman–Crippen LogP) is 0.570. The Balaban J connectivity index is 3.11. The Morgan fingerprint density at radius 3 is 2.45 bits per heavy atom. The van der Waals surface area contributed by atoms with Crippen LogP contribution in [0.15, 0.2) is 27.6 Å². The third kappa shape index (κ3) is 3.92. The summed E-state index contributed by atoms with van der Waals surface area (Å²) in [6, 6.07) is 2.35. The predicted molar refractivity (Wildman–Crippen MR) is 74.1 cm³/mol. The van der Waals surface area contributed by atoms with E-state index >= 15 is 0 Å². The first-order chi connectivity index (χ1) is 9.19. The quantitative estimate of drug-likeness (QED) is 0.677. The number of aliphatic hydroxyl groups excluding tert-OH is 1. The van der Waals surface area contributed by atoms with Gasteiger partial charge in [-0.2, -0.15) is 4.72 Å². The molecule has 20 heavy (non-hydrogen) atoms. The molecule has 0 radical (unpaired) electrons. The molecule has 0 spiro atoms. The maximum atomic E-state index is 12.1. The zero-order valence-corrected chi connectivity index (χ0v) is 13.1. The summed E-state index contributed by atoms with van der Waals surface area (Å²) in [5, 5.41) is 18.2. The van der Waals surface area contributed by atoms with Crippen molar-refractivity contribution in [3.05, 3.63) is 22.7 Å². The molecule has 0 aromatic heterocycles. The van der Waals surface area contributed by atoms with E-state index in [9.17, 15) is 18.3 Å². The molecule has 0 aliphatic heterocycles. The van der Waals surface area contributed by atoms with E-state index in [1.165, 1.54) is 32.2 Å². The van der Waals surface area contributed by atoms with Crippen molar-refractivity contribution in [2.45, 2.75) is 24.0 Å². The number of hydrogen-bond donors (Lipinski definition) is 3. The molecule has 0 aliphatic rings. The third-order valence-electron chi connectivity index (χ3n) is 2.46. The summed E-state index contributed by atoms with van der Waals surface area (Å²) in [5.41, 5.74) is 0. The molecule has 1 aromatic rings. The summed E-state index contributed by atoms with van der Waals surface area (Å²) < 4.78 is 31.4. The van der Waals surface area contributed by atoms with Gasteiger partial charge in [-0.15, -0.1) is 0 Å². The van der Waals surface area contributed by atoms with E-state index < -0.39 is 28.1 Å². The fraction of sp³-hybridized carbons (Fsp3) is 0.364. The molecule has 0 saturated heterocycles. The molecule has 2 unspecified atom stereocenters. The number of methoxy groups -OCH3 is 1. The highest BCUT2D eigenvalue weighted by molar-refractivity contribution is 9.10. The number of benzene rings is 1. The van der Waals surface area contributed by atoms with Crippen molar-refractivity contribution in [2.75, 3.05) is 7.11 Å². The van der Waals surface area contributed by atoms with Gasteiger partial charge in [0.15, 0.2) is 0 Å². The normalized spacial score (nSPS) is 14.6. The molecule has 0 fully saturated rings. The molecule has 0 bridgehead atoms. The Labute approximate surface area is 124 Å². The smallest absolute Gasteiger partial charge is 0.324 e. The van der Waals surface area contributed by atoms with E-state index in [2.05, 4.69) is 15.9 Å². The average molecular weight is 368 g/mol. The lowest BCUT2D eigenvalue weighted by molar-refractivity contribution is -0.141. The first-order valence-corrected chi connectivity index (χ1v) is 7.73. The first-order valence-electron chi connectivity index (χ1n) is 5.45. The van der Waals surface area contributed by atoms with E-state index in [-0.39, 0.29) is 4.90 Å². The van der Waals surface area contributed by atoms with Crippen molar-refractivity contribution >= 4 is 31.9 Å². The number of hydrogen-bond acceptors (Lipinski definition) is 5. The van der Waals surface area contributed by atoms with Gasteiger partial charge >= 0.3 is 5.97 Å². The molecular weight excluding hydrogens is 354 g/mol. The number of aliphatic carboxylic acids is 1. The largest absolute Gasteiger partial charge is 0.496 e. The van der Waals surface area contributed by atoms with Crippen LogP contribution in [0.3, 0.4) is 0 Å². The number of halogens is 1. The fourth-order valence-electron chi connectivity index (χ4n) is 1.40. The van der Waals surface area contributed by atoms with E-state index in [4.69, 9.17) is 9.84 Å². The fourth-order valence-corrected chi connectivity index (χ4v) is 3.39. The van der Waals surface area contributed by atoms with Gasteiger partial charge in [0.1, 0.15) is 11.8 Å². The van der Waals surface area contributed by atoms with E-state index in [0.717, 1.165) is 0 Å². The summed E-state index contributed by atoms with van der Waals surface area (Å²) in [5.74, 6) is -1.02. The molecule has 112 valence electrons. The van der Waals surface area contributed by atoms with Crippen LogP contribution in [0.2, 0.25) is 0 Å². The SMILES string of the molecule is COc1ccc(S(=O)(=O)NC(C(=O)O)C(C)O)cc1Br. The number of carboxylic acid groups (broad SMARTS) is 1. The molecule has 1 rings (SSSR count). The maximum absolute atomic E-state index is 12.1. The van der Waals surface area contributed by atoms with Crippen molar-refractivity contribution in [1.82, 2.24) is 4.72 Å². The third-order valence-corrected chi connectivity index (χ3v) is 4.52. The Bertz CT molecular complexity index is 601. The summed E-state index contributed by atoms with van der Waals surface area (Å²) in [4.78, 5) is 10.8. The summed E-state index contributed by atoms with van der Waals surface area (Å²) >= 11 is 3.14. The van der Waals surface area contributed by atoms with Crippen LogP contribution < -0.4 is 9.46 Å². The number of aliphatic hydroxyl groups is 1. The zero-order chi connectivity index (χ0) is 15.5. The second kappa shape index (κ2) is 6.53. The Morgan fingerprint density at radius 1 is 1.45 bits per heavy atom. The van der Waals surface area contributed by atoms with Crippen molar-refractivity contribution in [3.63, 3.8) is 0 Å². The standard InChI is InChI=1S/C11H14BrNO6S/c1-6(14)10(11(15)16)13-20(17,18)7-3-4-9(19-2)8(12)5-7/h3-6,10,13-14H,1-2H3,(H,15,16). The highest BCUT2D eigenvalue weighted by atomic mass is 79.9. The molecule has 0 aliphatic carbocycles. The van der Waals surface area contributed by atoms with Crippen LogP contribution in [0, 0.1) is 0 Å². The van der Waals surface area contributed by atoms with Crippen LogP contribution in [-0.2, 0) is 14.8 Å². The van der Waals surface area contributed by atoms with Gasteiger partial charge < -0.3 is 14.9 Å². The number of sulfonamides is 1. The van der Waals surface area contributed by atoms with Crippen LogP contribution in [0.25, 0.3) is 0 Å². The average Bonchev–Trinajstić information content (AvgIpc) is 2.35. The maximum Gasteiger partial charge on any atom is 0.324 e. The number of nitrogens with one attached hydrogen (secondary N) is 1. The minimum Gasteiger partial charge on any atom is -0.496 e. The van der Waals surface area contributed by atoms with Crippen molar-refractivity contribution in [2.24, 2.45) is 0 Å². The van der Waals surface area contributed by atoms with Crippen molar-refractivity contribution in [1.29, 1.82) is 0 Å². The molecule has 9 heteroatoms. The Kier molecular flexibility index (Phi) is 5.51. The van der Waals surface area contributed by atoms with Crippen molar-refractivity contribution < 1.29 is 28.2 Å². The summed E-state index contributed by atoms with van der Waals surface area (Å²) in [7, 11) is -2.64. The molecule has 0 saturated carbocycles. The van der Waals surface area contributed by atoms with Crippen LogP contribution >= 0.6 is 15.9 Å². The van der Waals surface area contributed by atoms with Gasteiger partial charge in [0.2, 0.25) is 10.0 Å². The molecule has 7 nitrogen and oxygen atoms in total. The van der Waals surface area contributed by atoms with E-state index in [1.807, 2.05) is 4.72 Å². The topological polar surface area (TPSA) is 113 Å². The molecule has 0 heterocycles. The van der Waals surface area contributed by atoms with Gasteiger partial charge in [-0.25, -0.2) is 8.42 Å². The number of rotatable bonds is 6. The highest BCUT2D eigenvalue weighted by Crippen LogP contribution is 2.27. The van der Waals surface area contributed by atoms with Gasteiger partial charge in [-0.05, 0) is 41.1 Å². The second-order valence-electron chi connectivity index (χ2n) is 3.97. The minimum atomic E-state index is -4.07. The van der Waals surface area contributed by atoms with Gasteiger partial charge in [-0.3, -0.25) is 4.79 Å². The Morgan fingerprint density at radius 2 is 2.05 bits per heavy atom. The first kappa shape index (κ1) is 16.9. The van der Waals surface area contributed by atoms with E-state index in [0.29, 0.717) is 10.2 Å². The minimum absolute atomic E-state index is 0.142. The highest BCUT2D eigenvalue weighted by Gasteiger charge is 2.29. The molecule has 0 amide bonds. The Hall–Kier alpha value is -1.16. The van der Waals surface area contributed by atoms with Crippen LogP contribution in [0.5, 0.6) is 5.75 Å². The lowest BCUT2D eigenvalue weighted by atomic mass is 10.2. The second-order valence-corrected chi connectivity index (χ2v) is 6.54. The zero-order valence-electron chi connectivity index (χ0n) is 10.7. The molecular formula is C11H14BrNO6S. The summed E-state index contributed by atoms with van der Waals surface area (Å²) in [6.07, 6.45) is -1.37. The number of carbonyl (C=O) groups is 1. The van der Waals surface area contributed by atoms with Gasteiger partial charge in [0.05, 0.1) is 22.6 Å². The molecule has 2 atom stereocenters. The number of carboxylic acids is 1. The molecule has 1 aromatic carbocycles. The van der Waals surface area contributed by atoms with Crippen LogP contribution in [0.4, 0.5) is 0 Å². The van der Waals surface area contributed by atoms with Gasteiger partial charge in [0, 0.05) is 0 Å². The lowest BCUT2D eigenvalue weighted by Gasteiger charge is -2.17. The monoisotopic (exact) mass is 367 g/mol. The lowest BCUT2D eigenvalue weighted by Crippen LogP contribution is -2.47. The van der Waals surface area contributed by atoms with Gasteiger partial charge in [0.25, 0.3) is 0 Å². The van der Waals surface area contributed by atoms with Crippen LogP contribution in [-0.4, -0.2) is 43.9 Å². The van der Waals surface area contributed by atoms with Crippen molar-refractivity contribution in [3.8, 4) is 5.75 Å². The molecule has 3 N–H and O–H groups in total. The van der Waals surface area contributed by atoms with Gasteiger partial charge in [-0.1, -0.05) is 0 Å². The summed E-state index contributed by atoms with van der Waals surface area (Å²) in [6.45, 7) is 1.19. The van der Waals surface area contributed by atoms with Crippen LogP contribution in [0.1, 0.15) is 6.92 Å². The van der Waals surface area contributed by atoms with E-state index in [1.54, 1.807) is 0 Å².